The van der Waals surface area contributed by atoms with Gasteiger partial charge in [-0.25, -0.2) is 0 Å². The molecular weight excluding hydrogens is 238 g/mol. The van der Waals surface area contributed by atoms with Crippen LogP contribution in [0.2, 0.25) is 5.02 Å². The Morgan fingerprint density at radius 1 is 1.31 bits per heavy atom. The Morgan fingerprint density at radius 3 is 2.31 bits per heavy atom. The van der Waals surface area contributed by atoms with E-state index in [9.17, 15) is 0 Å². The van der Waals surface area contributed by atoms with Crippen molar-refractivity contribution in [3.63, 3.8) is 0 Å². The van der Waals surface area contributed by atoms with Crippen molar-refractivity contribution in [1.82, 2.24) is 5.32 Å². The third-order valence-electron chi connectivity index (χ3n) is 3.03. The van der Waals surface area contributed by atoms with E-state index in [1.54, 1.807) is 11.3 Å². The highest BCUT2D eigenvalue weighted by Crippen LogP contribution is 2.36. The quantitative estimate of drug-likeness (QED) is 0.736. The van der Waals surface area contributed by atoms with Crippen molar-refractivity contribution in [1.29, 1.82) is 0 Å². The molecule has 0 aliphatic rings. The van der Waals surface area contributed by atoms with Gasteiger partial charge in [-0.15, -0.1) is 11.3 Å². The highest BCUT2D eigenvalue weighted by atomic mass is 35.5. The van der Waals surface area contributed by atoms with E-state index in [1.807, 2.05) is 13.1 Å². The van der Waals surface area contributed by atoms with Crippen LogP contribution in [-0.4, -0.2) is 7.05 Å². The van der Waals surface area contributed by atoms with E-state index in [0.29, 0.717) is 12.0 Å². The molecule has 0 bridgehead atoms. The Bertz CT molecular complexity index is 292. The molecule has 3 heteroatoms. The first-order valence-electron chi connectivity index (χ1n) is 6.14. The van der Waals surface area contributed by atoms with Crippen LogP contribution in [0.5, 0.6) is 0 Å². The Balaban J connectivity index is 2.81. The van der Waals surface area contributed by atoms with Crippen molar-refractivity contribution < 1.29 is 0 Å². The van der Waals surface area contributed by atoms with E-state index in [2.05, 4.69) is 24.5 Å². The molecule has 0 spiro atoms. The maximum Gasteiger partial charge on any atom is 0.0561 e. The van der Waals surface area contributed by atoms with Crippen LogP contribution in [0.4, 0.5) is 0 Å². The molecule has 16 heavy (non-hydrogen) atoms. The minimum Gasteiger partial charge on any atom is -0.312 e. The molecule has 0 radical (unpaired) electrons. The summed E-state index contributed by atoms with van der Waals surface area (Å²) in [6.07, 6.45) is 5.03. The van der Waals surface area contributed by atoms with Crippen LogP contribution in [-0.2, 0) is 0 Å². The number of rotatable bonds is 7. The van der Waals surface area contributed by atoms with E-state index in [0.717, 1.165) is 5.02 Å². The molecule has 1 aromatic heterocycles. The molecule has 1 rings (SSSR count). The summed E-state index contributed by atoms with van der Waals surface area (Å²) in [6.45, 7) is 4.51. The third-order valence-corrected chi connectivity index (χ3v) is 4.47. The molecule has 0 aromatic carbocycles. The van der Waals surface area contributed by atoms with E-state index in [4.69, 9.17) is 11.6 Å². The van der Waals surface area contributed by atoms with Gasteiger partial charge in [-0.2, -0.15) is 0 Å². The molecule has 0 fully saturated rings. The molecule has 0 aliphatic heterocycles. The van der Waals surface area contributed by atoms with E-state index in [-0.39, 0.29) is 0 Å². The van der Waals surface area contributed by atoms with Gasteiger partial charge < -0.3 is 5.32 Å². The zero-order chi connectivity index (χ0) is 12.0. The fourth-order valence-electron chi connectivity index (χ4n) is 2.33. The average molecular weight is 260 g/mol. The van der Waals surface area contributed by atoms with Crippen LogP contribution in [0.3, 0.4) is 0 Å². The lowest BCUT2D eigenvalue weighted by Crippen LogP contribution is -2.24. The molecule has 1 unspecified atom stereocenters. The number of halogens is 1. The van der Waals surface area contributed by atoms with Crippen molar-refractivity contribution in [3.05, 3.63) is 21.3 Å². The molecule has 1 heterocycles. The van der Waals surface area contributed by atoms with Crippen LogP contribution < -0.4 is 5.32 Å². The van der Waals surface area contributed by atoms with Crippen LogP contribution in [0.15, 0.2) is 11.4 Å². The van der Waals surface area contributed by atoms with E-state index >= 15 is 0 Å². The lowest BCUT2D eigenvalue weighted by Gasteiger charge is -2.26. The number of nitrogens with one attached hydrogen (secondary N) is 1. The highest BCUT2D eigenvalue weighted by Gasteiger charge is 2.23. The van der Waals surface area contributed by atoms with E-state index in [1.165, 1.54) is 30.6 Å². The standard InChI is InChI=1S/C13H22ClNS/c1-4-6-10(7-5-2)12(15-3)13-11(14)8-9-16-13/h8-10,12,15H,4-7H2,1-3H3. The summed E-state index contributed by atoms with van der Waals surface area (Å²) in [5, 5.41) is 6.44. The SMILES string of the molecule is CCCC(CCC)C(NC)c1sccc1Cl. The monoisotopic (exact) mass is 259 g/mol. The summed E-state index contributed by atoms with van der Waals surface area (Å²) in [4.78, 5) is 1.30. The van der Waals surface area contributed by atoms with Crippen molar-refractivity contribution in [2.24, 2.45) is 5.92 Å². The van der Waals surface area contributed by atoms with Crippen LogP contribution in [0, 0.1) is 5.92 Å². The molecule has 1 N–H and O–H groups in total. The molecule has 1 atom stereocenters. The third kappa shape index (κ3) is 3.47. The minimum atomic E-state index is 0.424. The van der Waals surface area contributed by atoms with Gasteiger partial charge in [-0.1, -0.05) is 38.3 Å². The lowest BCUT2D eigenvalue weighted by molar-refractivity contribution is 0.335. The Labute approximate surface area is 108 Å². The number of hydrogen-bond acceptors (Lipinski definition) is 2. The van der Waals surface area contributed by atoms with Crippen molar-refractivity contribution in [2.75, 3.05) is 7.05 Å². The molecule has 0 saturated heterocycles. The first kappa shape index (κ1) is 14.0. The first-order chi connectivity index (χ1) is 7.74. The zero-order valence-corrected chi connectivity index (χ0v) is 12.0. The summed E-state index contributed by atoms with van der Waals surface area (Å²) >= 11 is 8.00. The van der Waals surface area contributed by atoms with Crippen LogP contribution in [0.25, 0.3) is 0 Å². The molecule has 1 aromatic rings. The second kappa shape index (κ2) is 7.31. The summed E-state index contributed by atoms with van der Waals surface area (Å²) in [7, 11) is 2.04. The van der Waals surface area contributed by atoms with Gasteiger partial charge in [0, 0.05) is 10.9 Å². The predicted octanol–water partition coefficient (Wildman–Crippen LogP) is 4.88. The van der Waals surface area contributed by atoms with Crippen molar-refractivity contribution >= 4 is 22.9 Å². The lowest BCUT2D eigenvalue weighted by atomic mass is 9.89. The second-order valence-electron chi connectivity index (χ2n) is 4.24. The summed E-state index contributed by atoms with van der Waals surface area (Å²) < 4.78 is 0. The molecule has 0 amide bonds. The van der Waals surface area contributed by atoms with Crippen molar-refractivity contribution in [2.45, 2.75) is 45.6 Å². The number of hydrogen-bond donors (Lipinski definition) is 1. The fraction of sp³-hybridized carbons (Fsp3) is 0.692. The Hall–Kier alpha value is -0.0500. The largest absolute Gasteiger partial charge is 0.312 e. The first-order valence-corrected chi connectivity index (χ1v) is 7.40. The molecule has 0 saturated carbocycles. The van der Waals surface area contributed by atoms with Gasteiger partial charge in [0.2, 0.25) is 0 Å². The molecule has 1 nitrogen and oxygen atoms in total. The Kier molecular flexibility index (Phi) is 6.40. The maximum atomic E-state index is 6.23. The highest BCUT2D eigenvalue weighted by molar-refractivity contribution is 7.10. The van der Waals surface area contributed by atoms with Gasteiger partial charge in [-0.3, -0.25) is 0 Å². The van der Waals surface area contributed by atoms with Crippen molar-refractivity contribution in [3.8, 4) is 0 Å². The molecule has 92 valence electrons. The van der Waals surface area contributed by atoms with Crippen LogP contribution in [0.1, 0.15) is 50.4 Å². The summed E-state index contributed by atoms with van der Waals surface area (Å²) in [5.74, 6) is 0.705. The normalized spacial score (nSPS) is 13.3. The average Bonchev–Trinajstić information content (AvgIpc) is 2.67. The molecular formula is C13H22ClNS. The van der Waals surface area contributed by atoms with Gasteiger partial charge in [-0.05, 0) is 37.3 Å². The van der Waals surface area contributed by atoms with E-state index < -0.39 is 0 Å². The van der Waals surface area contributed by atoms with Gasteiger partial charge >= 0.3 is 0 Å². The zero-order valence-electron chi connectivity index (χ0n) is 10.4. The number of thiophene rings is 1. The smallest absolute Gasteiger partial charge is 0.0561 e. The summed E-state index contributed by atoms with van der Waals surface area (Å²) in [5.41, 5.74) is 0. The van der Waals surface area contributed by atoms with Crippen LogP contribution >= 0.6 is 22.9 Å². The van der Waals surface area contributed by atoms with Gasteiger partial charge in [0.15, 0.2) is 0 Å². The van der Waals surface area contributed by atoms with Gasteiger partial charge in [0.1, 0.15) is 0 Å². The summed E-state index contributed by atoms with van der Waals surface area (Å²) in [6, 6.07) is 2.42. The predicted molar refractivity (Wildman–Crippen MR) is 74.4 cm³/mol. The maximum absolute atomic E-state index is 6.23. The fourth-order valence-corrected chi connectivity index (χ4v) is 3.70. The Morgan fingerprint density at radius 2 is 1.94 bits per heavy atom. The van der Waals surface area contributed by atoms with Gasteiger partial charge in [0.25, 0.3) is 0 Å². The molecule has 0 aliphatic carbocycles. The van der Waals surface area contributed by atoms with Gasteiger partial charge in [0.05, 0.1) is 5.02 Å². The second-order valence-corrected chi connectivity index (χ2v) is 5.59. The minimum absolute atomic E-state index is 0.424. The topological polar surface area (TPSA) is 12.0 Å².